The van der Waals surface area contributed by atoms with Gasteiger partial charge in [0.1, 0.15) is 0 Å². The van der Waals surface area contributed by atoms with E-state index in [1.54, 1.807) is 12.1 Å². The second-order valence-electron chi connectivity index (χ2n) is 3.68. The van der Waals surface area contributed by atoms with Crippen LogP contribution in [0, 0.1) is 10.1 Å². The maximum atomic E-state index is 11.9. The molecule has 0 saturated heterocycles. The van der Waals surface area contributed by atoms with Crippen molar-refractivity contribution in [2.45, 2.75) is 0 Å². The van der Waals surface area contributed by atoms with Crippen LogP contribution >= 0.6 is 38.9 Å². The Labute approximate surface area is 131 Å². The van der Waals surface area contributed by atoms with Gasteiger partial charge in [-0.3, -0.25) is 14.9 Å². The summed E-state index contributed by atoms with van der Waals surface area (Å²) in [6.45, 7) is -0.284. The molecule has 2 aromatic rings. The van der Waals surface area contributed by atoms with Gasteiger partial charge in [0, 0.05) is 17.2 Å². The summed E-state index contributed by atoms with van der Waals surface area (Å²) in [6, 6.07) is 7.36. The number of Topliss-reactive ketones (excluding diaryl/α,β-unsaturated/α-hetero) is 1. The molecule has 0 amide bonds. The molecule has 0 radical (unpaired) electrons. The lowest BCUT2D eigenvalue weighted by Gasteiger charge is -2.05. The van der Waals surface area contributed by atoms with Crippen molar-refractivity contribution in [1.82, 2.24) is 0 Å². The van der Waals surface area contributed by atoms with Gasteiger partial charge in [0.05, 0.1) is 13.6 Å². The highest BCUT2D eigenvalue weighted by atomic mass is 79.9. The van der Waals surface area contributed by atoms with Gasteiger partial charge >= 0.3 is 5.69 Å². The van der Waals surface area contributed by atoms with Crippen molar-refractivity contribution in [2.75, 3.05) is 6.61 Å². The lowest BCUT2D eigenvalue weighted by molar-refractivity contribution is -0.385. The molecule has 0 aliphatic rings. The number of nitrogens with zero attached hydrogens (tertiary/aromatic N) is 1. The molecule has 0 N–H and O–H groups in total. The maximum Gasteiger partial charge on any atom is 0.311 e. The van der Waals surface area contributed by atoms with Crippen LogP contribution in [0.15, 0.2) is 34.1 Å². The summed E-state index contributed by atoms with van der Waals surface area (Å²) in [5.74, 6) is -0.276. The molecule has 2 rings (SSSR count). The molecule has 0 bridgehead atoms. The molecule has 1 aromatic carbocycles. The van der Waals surface area contributed by atoms with E-state index in [-0.39, 0.29) is 23.8 Å². The predicted octanol–water partition coefficient (Wildman–Crippen LogP) is 4.33. The molecule has 0 fully saturated rings. The Hall–Kier alpha value is -1.44. The third kappa shape index (κ3) is 3.56. The first kappa shape index (κ1) is 15.0. The molecule has 20 heavy (non-hydrogen) atoms. The van der Waals surface area contributed by atoms with Gasteiger partial charge in [-0.15, -0.1) is 11.3 Å². The first-order valence-corrected chi connectivity index (χ1v) is 7.31. The molecule has 1 heterocycles. The minimum absolute atomic E-state index is 0.0218. The Bertz CT molecular complexity index is 673. The van der Waals surface area contributed by atoms with E-state index in [4.69, 9.17) is 16.3 Å². The fraction of sp³-hybridized carbons (Fsp3) is 0.0833. The van der Waals surface area contributed by atoms with Crippen LogP contribution in [0.5, 0.6) is 5.75 Å². The molecule has 104 valence electrons. The number of carbonyl (C=O) groups excluding carboxylic acids is 1. The summed E-state index contributed by atoms with van der Waals surface area (Å²) in [5.41, 5.74) is -0.227. The monoisotopic (exact) mass is 375 g/mol. The Morgan fingerprint density at radius 1 is 1.40 bits per heavy atom. The molecule has 0 atom stereocenters. The number of rotatable bonds is 5. The quantitative estimate of drug-likeness (QED) is 0.442. The van der Waals surface area contributed by atoms with Gasteiger partial charge in [0.2, 0.25) is 5.78 Å². The predicted molar refractivity (Wildman–Crippen MR) is 80.0 cm³/mol. The molecule has 8 heteroatoms. The first-order chi connectivity index (χ1) is 9.47. The zero-order chi connectivity index (χ0) is 14.7. The lowest BCUT2D eigenvalue weighted by atomic mass is 10.3. The summed E-state index contributed by atoms with van der Waals surface area (Å²) in [4.78, 5) is 22.6. The average Bonchev–Trinajstić information content (AvgIpc) is 2.82. The van der Waals surface area contributed by atoms with Gasteiger partial charge in [-0.05, 0) is 34.1 Å². The van der Waals surface area contributed by atoms with Crippen LogP contribution in [0.1, 0.15) is 9.67 Å². The third-order valence-corrected chi connectivity index (χ3v) is 4.23. The number of carbonyl (C=O) groups is 1. The average molecular weight is 377 g/mol. The van der Waals surface area contributed by atoms with E-state index in [1.807, 2.05) is 0 Å². The van der Waals surface area contributed by atoms with Crippen molar-refractivity contribution < 1.29 is 14.5 Å². The summed E-state index contributed by atoms with van der Waals surface area (Å²) >= 11 is 10.3. The fourth-order valence-electron chi connectivity index (χ4n) is 1.43. The van der Waals surface area contributed by atoms with E-state index in [1.165, 1.54) is 29.5 Å². The minimum Gasteiger partial charge on any atom is -0.478 e. The van der Waals surface area contributed by atoms with Gasteiger partial charge in [0.15, 0.2) is 12.4 Å². The standard InChI is InChI=1S/C12H7BrClNO4S/c13-12-4-3-11(20-12)9(16)6-19-10-5-7(14)1-2-8(10)15(17)18/h1-5H,6H2. The number of thiophene rings is 1. The van der Waals surface area contributed by atoms with Gasteiger partial charge < -0.3 is 4.74 Å². The number of ketones is 1. The van der Waals surface area contributed by atoms with Crippen LogP contribution in [0.3, 0.4) is 0 Å². The van der Waals surface area contributed by atoms with Gasteiger partial charge in [0.25, 0.3) is 0 Å². The molecule has 0 spiro atoms. The number of benzene rings is 1. The number of hydrogen-bond acceptors (Lipinski definition) is 5. The molecule has 0 aliphatic carbocycles. The van der Waals surface area contributed by atoms with E-state index >= 15 is 0 Å². The normalized spacial score (nSPS) is 10.3. The Kier molecular flexibility index (Phi) is 4.74. The van der Waals surface area contributed by atoms with E-state index in [2.05, 4.69) is 15.9 Å². The molecule has 0 saturated carbocycles. The second kappa shape index (κ2) is 6.34. The zero-order valence-corrected chi connectivity index (χ0v) is 13.0. The molecule has 0 aliphatic heterocycles. The van der Waals surface area contributed by atoms with E-state index in [0.717, 1.165) is 3.79 Å². The lowest BCUT2D eigenvalue weighted by Crippen LogP contribution is -2.11. The zero-order valence-electron chi connectivity index (χ0n) is 9.84. The summed E-state index contributed by atoms with van der Waals surface area (Å²) < 4.78 is 6.05. The number of hydrogen-bond donors (Lipinski definition) is 0. The number of ether oxygens (including phenoxy) is 1. The van der Waals surface area contributed by atoms with Crippen molar-refractivity contribution in [1.29, 1.82) is 0 Å². The van der Waals surface area contributed by atoms with Gasteiger partial charge in [-0.25, -0.2) is 0 Å². The van der Waals surface area contributed by atoms with Crippen molar-refractivity contribution >= 4 is 50.3 Å². The van der Waals surface area contributed by atoms with E-state index in [9.17, 15) is 14.9 Å². The maximum absolute atomic E-state index is 11.9. The highest BCUT2D eigenvalue weighted by Gasteiger charge is 2.17. The van der Waals surface area contributed by atoms with Gasteiger partial charge in [-0.1, -0.05) is 11.6 Å². The summed E-state index contributed by atoms with van der Waals surface area (Å²) in [5, 5.41) is 11.1. The van der Waals surface area contributed by atoms with Crippen LogP contribution in [-0.2, 0) is 0 Å². The van der Waals surface area contributed by atoms with Crippen LogP contribution < -0.4 is 4.74 Å². The van der Waals surface area contributed by atoms with Crippen molar-refractivity contribution in [2.24, 2.45) is 0 Å². The van der Waals surface area contributed by atoms with Crippen molar-refractivity contribution in [3.63, 3.8) is 0 Å². The SMILES string of the molecule is O=C(COc1cc(Cl)ccc1[N+](=O)[O-])c1ccc(Br)s1. The Balaban J connectivity index is 2.12. The molecular formula is C12H7BrClNO4S. The van der Waals surface area contributed by atoms with Crippen LogP contribution in [-0.4, -0.2) is 17.3 Å². The molecule has 5 nitrogen and oxygen atoms in total. The Morgan fingerprint density at radius 3 is 2.75 bits per heavy atom. The number of nitro groups is 1. The second-order valence-corrected chi connectivity index (χ2v) is 6.58. The largest absolute Gasteiger partial charge is 0.478 e. The van der Waals surface area contributed by atoms with Crippen LogP contribution in [0.4, 0.5) is 5.69 Å². The fourth-order valence-corrected chi connectivity index (χ4v) is 2.91. The Morgan fingerprint density at radius 2 is 2.15 bits per heavy atom. The smallest absolute Gasteiger partial charge is 0.311 e. The van der Waals surface area contributed by atoms with Gasteiger partial charge in [-0.2, -0.15) is 0 Å². The topological polar surface area (TPSA) is 69.4 Å². The summed E-state index contributed by atoms with van der Waals surface area (Å²) in [6.07, 6.45) is 0. The van der Waals surface area contributed by atoms with E-state index < -0.39 is 4.92 Å². The molecule has 1 aromatic heterocycles. The number of nitro benzene ring substituents is 1. The highest BCUT2D eigenvalue weighted by Crippen LogP contribution is 2.30. The summed E-state index contributed by atoms with van der Waals surface area (Å²) in [7, 11) is 0. The van der Waals surface area contributed by atoms with Crippen LogP contribution in [0.2, 0.25) is 5.02 Å². The first-order valence-electron chi connectivity index (χ1n) is 5.32. The van der Waals surface area contributed by atoms with Crippen molar-refractivity contribution in [3.8, 4) is 5.75 Å². The molecule has 0 unspecified atom stereocenters. The van der Waals surface area contributed by atoms with Crippen LogP contribution in [0.25, 0.3) is 0 Å². The van der Waals surface area contributed by atoms with E-state index in [0.29, 0.717) is 9.90 Å². The third-order valence-electron chi connectivity index (χ3n) is 2.33. The number of halogens is 2. The molecular weight excluding hydrogens is 370 g/mol. The van der Waals surface area contributed by atoms with Crippen molar-refractivity contribution in [3.05, 3.63) is 54.1 Å². The highest BCUT2D eigenvalue weighted by molar-refractivity contribution is 9.11. The minimum atomic E-state index is -0.585.